The van der Waals surface area contributed by atoms with Gasteiger partial charge in [0.2, 0.25) is 0 Å². The Bertz CT molecular complexity index is 1410. The molecule has 1 amide bonds. The van der Waals surface area contributed by atoms with Crippen molar-refractivity contribution in [2.45, 2.75) is 20.5 Å². The number of esters is 1. The van der Waals surface area contributed by atoms with Crippen LogP contribution in [0.2, 0.25) is 10.0 Å². The molecule has 3 aromatic rings. The lowest BCUT2D eigenvalue weighted by molar-refractivity contribution is -0.121. The maximum Gasteiger partial charge on any atom is 0.337 e. The number of rotatable bonds is 6. The number of nitrogens with zero attached hydrogens (tertiary/aromatic N) is 2. The minimum Gasteiger partial charge on any atom is -0.488 e. The molecular formula is C28H24Cl2N2O4S. The highest BCUT2D eigenvalue weighted by molar-refractivity contribution is 8.18. The second-order valence-electron chi connectivity index (χ2n) is 8.43. The van der Waals surface area contributed by atoms with E-state index in [1.165, 1.54) is 23.8 Å². The summed E-state index contributed by atoms with van der Waals surface area (Å²) in [4.78, 5) is 31.2. The lowest BCUT2D eigenvalue weighted by Crippen LogP contribution is -2.23. The number of benzene rings is 3. The van der Waals surface area contributed by atoms with E-state index in [1.54, 1.807) is 43.4 Å². The van der Waals surface area contributed by atoms with Crippen molar-refractivity contribution in [1.29, 1.82) is 0 Å². The predicted octanol–water partition coefficient (Wildman–Crippen LogP) is 7.21. The second kappa shape index (κ2) is 11.4. The van der Waals surface area contributed by atoms with E-state index < -0.39 is 5.97 Å². The number of hydrogen-bond donors (Lipinski definition) is 0. The molecule has 3 aromatic carbocycles. The maximum atomic E-state index is 12.9. The third-order valence-electron chi connectivity index (χ3n) is 5.66. The Balaban J connectivity index is 1.51. The van der Waals surface area contributed by atoms with Gasteiger partial charge in [0.25, 0.3) is 5.91 Å². The fraction of sp³-hybridized carbons (Fsp3) is 0.179. The highest BCUT2D eigenvalue weighted by Crippen LogP contribution is 2.35. The normalized spacial score (nSPS) is 15.5. The summed E-state index contributed by atoms with van der Waals surface area (Å²) in [5, 5.41) is 1.55. The zero-order chi connectivity index (χ0) is 26.7. The highest BCUT2D eigenvalue weighted by atomic mass is 35.5. The molecule has 0 bridgehead atoms. The third kappa shape index (κ3) is 6.18. The number of methoxy groups -OCH3 is 1. The van der Waals surface area contributed by atoms with E-state index in [0.29, 0.717) is 38.0 Å². The molecule has 0 atom stereocenters. The highest BCUT2D eigenvalue weighted by Gasteiger charge is 2.30. The van der Waals surface area contributed by atoms with Crippen molar-refractivity contribution < 1.29 is 19.1 Å². The fourth-order valence-corrected chi connectivity index (χ4v) is 5.09. The number of aryl methyl sites for hydroxylation is 2. The quantitative estimate of drug-likeness (QED) is 0.238. The summed E-state index contributed by atoms with van der Waals surface area (Å²) in [6.07, 6.45) is 1.86. The fourth-order valence-electron chi connectivity index (χ4n) is 3.78. The lowest BCUT2D eigenvalue weighted by Gasteiger charge is -2.14. The van der Waals surface area contributed by atoms with Gasteiger partial charge in [0.05, 0.1) is 33.3 Å². The van der Waals surface area contributed by atoms with Crippen LogP contribution in [0.1, 0.15) is 32.6 Å². The van der Waals surface area contributed by atoms with Crippen LogP contribution in [0.4, 0.5) is 5.69 Å². The Hall–Kier alpha value is -3.26. The average Bonchev–Trinajstić information content (AvgIpc) is 3.13. The van der Waals surface area contributed by atoms with Crippen molar-refractivity contribution in [2.24, 2.45) is 4.99 Å². The summed E-state index contributed by atoms with van der Waals surface area (Å²) in [6, 6.07) is 16.1. The SMILES string of the molecule is COC(=O)c1ccc(N=C2S/C(=C\c3cc(C)c(OCc4ccc(Cl)c(Cl)c4)c(C)c3)C(=O)N2C)cc1. The molecule has 1 aliphatic heterocycles. The van der Waals surface area contributed by atoms with Crippen molar-refractivity contribution >= 4 is 63.8 Å². The summed E-state index contributed by atoms with van der Waals surface area (Å²) < 4.78 is 10.8. The lowest BCUT2D eigenvalue weighted by atomic mass is 10.0. The largest absolute Gasteiger partial charge is 0.488 e. The van der Waals surface area contributed by atoms with Crippen LogP contribution >= 0.6 is 35.0 Å². The Kier molecular flexibility index (Phi) is 8.27. The zero-order valence-electron chi connectivity index (χ0n) is 20.7. The first kappa shape index (κ1) is 26.8. The smallest absolute Gasteiger partial charge is 0.337 e. The van der Waals surface area contributed by atoms with Crippen molar-refractivity contribution in [2.75, 3.05) is 14.2 Å². The van der Waals surface area contributed by atoms with E-state index in [2.05, 4.69) is 4.99 Å². The van der Waals surface area contributed by atoms with Gasteiger partial charge in [-0.05, 0) is 102 Å². The Morgan fingerprint density at radius 3 is 2.32 bits per heavy atom. The number of hydrogen-bond acceptors (Lipinski definition) is 6. The molecule has 0 radical (unpaired) electrons. The molecular weight excluding hydrogens is 531 g/mol. The average molecular weight is 555 g/mol. The number of amides is 1. The van der Waals surface area contributed by atoms with Crippen LogP contribution in [0, 0.1) is 13.8 Å². The molecule has 0 unspecified atom stereocenters. The molecule has 6 nitrogen and oxygen atoms in total. The molecule has 0 spiro atoms. The summed E-state index contributed by atoms with van der Waals surface area (Å²) in [7, 11) is 3.02. The molecule has 1 heterocycles. The first-order chi connectivity index (χ1) is 17.7. The molecule has 4 rings (SSSR count). The van der Waals surface area contributed by atoms with E-state index in [1.807, 2.05) is 38.1 Å². The van der Waals surface area contributed by atoms with Crippen LogP contribution in [0.25, 0.3) is 6.08 Å². The van der Waals surface area contributed by atoms with Gasteiger partial charge in [-0.1, -0.05) is 29.3 Å². The predicted molar refractivity (Wildman–Crippen MR) is 150 cm³/mol. The number of ether oxygens (including phenoxy) is 2. The number of carbonyl (C=O) groups is 2. The van der Waals surface area contributed by atoms with E-state index in [0.717, 1.165) is 28.0 Å². The van der Waals surface area contributed by atoms with Crippen LogP contribution in [0.15, 0.2) is 64.5 Å². The summed E-state index contributed by atoms with van der Waals surface area (Å²) in [5.41, 5.74) is 4.79. The zero-order valence-corrected chi connectivity index (χ0v) is 23.0. The topological polar surface area (TPSA) is 68.2 Å². The molecule has 0 saturated carbocycles. The molecule has 190 valence electrons. The van der Waals surface area contributed by atoms with Gasteiger partial charge in [0, 0.05) is 7.05 Å². The van der Waals surface area contributed by atoms with Crippen molar-refractivity contribution in [3.05, 3.63) is 97.4 Å². The molecule has 0 aromatic heterocycles. The van der Waals surface area contributed by atoms with Crippen LogP contribution < -0.4 is 4.74 Å². The number of amidine groups is 1. The number of thioether (sulfide) groups is 1. The monoisotopic (exact) mass is 554 g/mol. The van der Waals surface area contributed by atoms with E-state index in [9.17, 15) is 9.59 Å². The van der Waals surface area contributed by atoms with Crippen LogP contribution in [0.5, 0.6) is 5.75 Å². The summed E-state index contributed by atoms with van der Waals surface area (Å²) >= 11 is 13.4. The van der Waals surface area contributed by atoms with Crippen LogP contribution in [-0.2, 0) is 16.1 Å². The second-order valence-corrected chi connectivity index (χ2v) is 10.3. The molecule has 0 N–H and O–H groups in total. The molecule has 1 fully saturated rings. The number of carbonyl (C=O) groups excluding carboxylic acids is 2. The minimum absolute atomic E-state index is 0.134. The Labute approximate surface area is 229 Å². The summed E-state index contributed by atoms with van der Waals surface area (Å²) in [5.74, 6) is 0.238. The molecule has 0 aliphatic carbocycles. The van der Waals surface area contributed by atoms with Gasteiger partial charge in [-0.15, -0.1) is 0 Å². The van der Waals surface area contributed by atoms with Gasteiger partial charge in [0.15, 0.2) is 5.17 Å². The first-order valence-corrected chi connectivity index (χ1v) is 12.9. The Morgan fingerprint density at radius 2 is 1.70 bits per heavy atom. The number of likely N-dealkylation sites (N-methyl/N-ethyl adjacent to an activating group) is 1. The van der Waals surface area contributed by atoms with Gasteiger partial charge in [-0.3, -0.25) is 9.69 Å². The van der Waals surface area contributed by atoms with E-state index in [4.69, 9.17) is 32.7 Å². The minimum atomic E-state index is -0.414. The third-order valence-corrected chi connectivity index (χ3v) is 7.46. The molecule has 1 aliphatic rings. The van der Waals surface area contributed by atoms with Crippen molar-refractivity contribution in [1.82, 2.24) is 4.90 Å². The number of aliphatic imine (C=N–C) groups is 1. The van der Waals surface area contributed by atoms with Gasteiger partial charge in [-0.2, -0.15) is 0 Å². The molecule has 1 saturated heterocycles. The summed E-state index contributed by atoms with van der Waals surface area (Å²) in [6.45, 7) is 4.30. The first-order valence-electron chi connectivity index (χ1n) is 11.3. The van der Waals surface area contributed by atoms with Crippen LogP contribution in [0.3, 0.4) is 0 Å². The van der Waals surface area contributed by atoms with Crippen molar-refractivity contribution in [3.8, 4) is 5.75 Å². The van der Waals surface area contributed by atoms with Crippen LogP contribution in [-0.4, -0.2) is 36.1 Å². The van der Waals surface area contributed by atoms with Gasteiger partial charge < -0.3 is 9.47 Å². The van der Waals surface area contributed by atoms with E-state index >= 15 is 0 Å². The molecule has 37 heavy (non-hydrogen) atoms. The molecule has 9 heteroatoms. The number of halogens is 2. The Morgan fingerprint density at radius 1 is 1.03 bits per heavy atom. The van der Waals surface area contributed by atoms with Gasteiger partial charge in [0.1, 0.15) is 12.4 Å². The maximum absolute atomic E-state index is 12.9. The van der Waals surface area contributed by atoms with E-state index in [-0.39, 0.29) is 5.91 Å². The van der Waals surface area contributed by atoms with Crippen molar-refractivity contribution in [3.63, 3.8) is 0 Å². The standard InChI is InChI=1S/C28H24Cl2N2O4S/c1-16-11-19(12-17(2)25(16)36-15-18-5-10-22(29)23(30)13-18)14-24-26(33)32(3)28(37-24)31-21-8-6-20(7-9-21)27(34)35-4/h5-14H,15H2,1-4H3/b24-14-,31-28?. The van der Waals surface area contributed by atoms with Gasteiger partial charge in [-0.25, -0.2) is 9.79 Å². The van der Waals surface area contributed by atoms with Gasteiger partial charge >= 0.3 is 5.97 Å².